The van der Waals surface area contributed by atoms with E-state index in [1.54, 1.807) is 36.5 Å². The zero-order valence-electron chi connectivity index (χ0n) is 11.2. The molecule has 2 rings (SSSR count). The van der Waals surface area contributed by atoms with E-state index in [1.807, 2.05) is 6.92 Å². The zero-order valence-corrected chi connectivity index (χ0v) is 11.2. The molecule has 0 bridgehead atoms. The Morgan fingerprint density at radius 1 is 1.40 bits per heavy atom. The van der Waals surface area contributed by atoms with E-state index in [-0.39, 0.29) is 5.56 Å². The Morgan fingerprint density at radius 3 is 3.00 bits per heavy atom. The summed E-state index contributed by atoms with van der Waals surface area (Å²) in [6.45, 7) is 2.82. The predicted octanol–water partition coefficient (Wildman–Crippen LogP) is 1.89. The number of ether oxygens (including phenoxy) is 1. The van der Waals surface area contributed by atoms with Crippen molar-refractivity contribution in [1.82, 2.24) is 9.78 Å². The highest BCUT2D eigenvalue weighted by Gasteiger charge is 1.99. The normalized spacial score (nSPS) is 10.0. The minimum Gasteiger partial charge on any atom is -0.493 e. The number of aromatic nitrogens is 2. The summed E-state index contributed by atoms with van der Waals surface area (Å²) >= 11 is 0. The summed E-state index contributed by atoms with van der Waals surface area (Å²) in [5, 5.41) is 12.8. The molecule has 102 valence electrons. The van der Waals surface area contributed by atoms with Crippen molar-refractivity contribution in [3.8, 4) is 11.8 Å². The maximum atomic E-state index is 11.6. The van der Waals surface area contributed by atoms with E-state index in [1.165, 1.54) is 4.68 Å². The molecule has 0 spiro atoms. The van der Waals surface area contributed by atoms with Crippen molar-refractivity contribution in [1.29, 1.82) is 5.26 Å². The highest BCUT2D eigenvalue weighted by molar-refractivity contribution is 5.36. The van der Waals surface area contributed by atoms with Gasteiger partial charge in [-0.3, -0.25) is 4.79 Å². The number of benzene rings is 1. The Kier molecular flexibility index (Phi) is 4.51. The van der Waals surface area contributed by atoms with Crippen LogP contribution >= 0.6 is 0 Å². The maximum Gasteiger partial charge on any atom is 0.266 e. The molecular weight excluding hydrogens is 254 g/mol. The molecule has 0 saturated heterocycles. The van der Waals surface area contributed by atoms with E-state index in [4.69, 9.17) is 10.00 Å². The predicted molar refractivity (Wildman–Crippen MR) is 74.5 cm³/mol. The third kappa shape index (κ3) is 3.69. The quantitative estimate of drug-likeness (QED) is 0.777. The molecule has 0 atom stereocenters. The van der Waals surface area contributed by atoms with Crippen molar-refractivity contribution in [2.45, 2.75) is 19.9 Å². The van der Waals surface area contributed by atoms with Gasteiger partial charge in [0.15, 0.2) is 0 Å². The number of aryl methyl sites for hydroxylation is 2. The molecule has 0 amide bonds. The van der Waals surface area contributed by atoms with Crippen LogP contribution in [0.3, 0.4) is 0 Å². The van der Waals surface area contributed by atoms with Gasteiger partial charge in [0.25, 0.3) is 5.56 Å². The second-order valence-electron chi connectivity index (χ2n) is 4.44. The van der Waals surface area contributed by atoms with Gasteiger partial charge in [0, 0.05) is 19.0 Å². The standard InChI is InChI=1S/C15H15N3O2/c1-12-8-15(19)18(17-11-12)6-3-7-20-14-5-2-4-13(9-14)10-16/h2,4-5,8-9,11H,3,6-7H2,1H3. The Bertz CT molecular complexity index is 686. The number of hydrogen-bond donors (Lipinski definition) is 0. The highest BCUT2D eigenvalue weighted by Crippen LogP contribution is 2.12. The molecule has 0 saturated carbocycles. The Labute approximate surface area is 117 Å². The first-order valence-electron chi connectivity index (χ1n) is 6.36. The van der Waals surface area contributed by atoms with Gasteiger partial charge >= 0.3 is 0 Å². The van der Waals surface area contributed by atoms with Crippen LogP contribution in [-0.2, 0) is 6.54 Å². The summed E-state index contributed by atoms with van der Waals surface area (Å²) in [5.74, 6) is 0.660. The third-order valence-electron chi connectivity index (χ3n) is 2.75. The summed E-state index contributed by atoms with van der Waals surface area (Å²) in [6.07, 6.45) is 2.34. The molecule has 1 aromatic heterocycles. The van der Waals surface area contributed by atoms with Crippen LogP contribution in [0.5, 0.6) is 5.75 Å². The van der Waals surface area contributed by atoms with Gasteiger partial charge in [0.2, 0.25) is 0 Å². The fourth-order valence-electron chi connectivity index (χ4n) is 1.75. The molecule has 0 radical (unpaired) electrons. The molecule has 0 fully saturated rings. The van der Waals surface area contributed by atoms with Crippen molar-refractivity contribution in [2.24, 2.45) is 0 Å². The summed E-state index contributed by atoms with van der Waals surface area (Å²) in [4.78, 5) is 11.6. The molecule has 0 aliphatic heterocycles. The van der Waals surface area contributed by atoms with E-state index in [0.29, 0.717) is 30.9 Å². The number of nitriles is 1. The van der Waals surface area contributed by atoms with Gasteiger partial charge in [0.05, 0.1) is 24.4 Å². The lowest BCUT2D eigenvalue weighted by Crippen LogP contribution is -2.23. The lowest BCUT2D eigenvalue weighted by Gasteiger charge is -2.07. The Balaban J connectivity index is 1.84. The molecule has 20 heavy (non-hydrogen) atoms. The van der Waals surface area contributed by atoms with Gasteiger partial charge in [-0.05, 0) is 30.7 Å². The molecule has 5 heteroatoms. The van der Waals surface area contributed by atoms with Gasteiger partial charge in [-0.2, -0.15) is 10.4 Å². The van der Waals surface area contributed by atoms with Crippen LogP contribution in [-0.4, -0.2) is 16.4 Å². The Hall–Kier alpha value is -2.61. The fourth-order valence-corrected chi connectivity index (χ4v) is 1.75. The largest absolute Gasteiger partial charge is 0.493 e. The highest BCUT2D eigenvalue weighted by atomic mass is 16.5. The van der Waals surface area contributed by atoms with Crippen molar-refractivity contribution in [2.75, 3.05) is 6.61 Å². The first-order chi connectivity index (χ1) is 9.69. The second-order valence-corrected chi connectivity index (χ2v) is 4.44. The average Bonchev–Trinajstić information content (AvgIpc) is 2.45. The van der Waals surface area contributed by atoms with Crippen molar-refractivity contribution < 1.29 is 4.74 Å². The average molecular weight is 269 g/mol. The van der Waals surface area contributed by atoms with Gasteiger partial charge in [-0.1, -0.05) is 6.07 Å². The first kappa shape index (κ1) is 13.8. The minimum atomic E-state index is -0.100. The number of rotatable bonds is 5. The second kappa shape index (κ2) is 6.53. The maximum absolute atomic E-state index is 11.6. The lowest BCUT2D eigenvalue weighted by molar-refractivity contribution is 0.297. The lowest BCUT2D eigenvalue weighted by atomic mass is 10.2. The van der Waals surface area contributed by atoms with Gasteiger partial charge in [-0.15, -0.1) is 0 Å². The third-order valence-corrected chi connectivity index (χ3v) is 2.75. The molecule has 5 nitrogen and oxygen atoms in total. The first-order valence-corrected chi connectivity index (χ1v) is 6.36. The number of hydrogen-bond acceptors (Lipinski definition) is 4. The van der Waals surface area contributed by atoms with Crippen LogP contribution in [0.15, 0.2) is 41.3 Å². The molecule has 0 aliphatic rings. The van der Waals surface area contributed by atoms with Gasteiger partial charge in [-0.25, -0.2) is 4.68 Å². The number of nitrogens with zero attached hydrogens (tertiary/aromatic N) is 3. The molecule has 0 unspecified atom stereocenters. The molecular formula is C15H15N3O2. The van der Waals surface area contributed by atoms with E-state index in [2.05, 4.69) is 11.2 Å². The van der Waals surface area contributed by atoms with E-state index in [0.717, 1.165) is 5.56 Å². The zero-order chi connectivity index (χ0) is 14.4. The SMILES string of the molecule is Cc1cnn(CCCOc2cccc(C#N)c2)c(=O)c1. The summed E-state index contributed by atoms with van der Waals surface area (Å²) < 4.78 is 6.96. The summed E-state index contributed by atoms with van der Waals surface area (Å²) in [7, 11) is 0. The van der Waals surface area contributed by atoms with Crippen molar-refractivity contribution in [3.63, 3.8) is 0 Å². The summed E-state index contributed by atoms with van der Waals surface area (Å²) in [5.41, 5.74) is 1.33. The van der Waals surface area contributed by atoms with E-state index in [9.17, 15) is 4.79 Å². The Morgan fingerprint density at radius 2 is 2.25 bits per heavy atom. The smallest absolute Gasteiger partial charge is 0.266 e. The van der Waals surface area contributed by atoms with Crippen molar-refractivity contribution in [3.05, 3.63) is 58.0 Å². The van der Waals surface area contributed by atoms with Crippen LogP contribution in [0.25, 0.3) is 0 Å². The van der Waals surface area contributed by atoms with Crippen LogP contribution in [0.2, 0.25) is 0 Å². The van der Waals surface area contributed by atoms with Gasteiger partial charge < -0.3 is 4.74 Å². The monoisotopic (exact) mass is 269 g/mol. The molecule has 1 aromatic carbocycles. The molecule has 1 heterocycles. The van der Waals surface area contributed by atoms with E-state index >= 15 is 0 Å². The van der Waals surface area contributed by atoms with E-state index < -0.39 is 0 Å². The topological polar surface area (TPSA) is 67.9 Å². The molecule has 0 aliphatic carbocycles. The van der Waals surface area contributed by atoms with Gasteiger partial charge in [0.1, 0.15) is 5.75 Å². The fraction of sp³-hybridized carbons (Fsp3) is 0.267. The van der Waals surface area contributed by atoms with Crippen LogP contribution in [0, 0.1) is 18.3 Å². The van der Waals surface area contributed by atoms with Crippen LogP contribution in [0.1, 0.15) is 17.5 Å². The van der Waals surface area contributed by atoms with Crippen LogP contribution in [0.4, 0.5) is 0 Å². The van der Waals surface area contributed by atoms with Crippen molar-refractivity contribution >= 4 is 0 Å². The molecule has 2 aromatic rings. The summed E-state index contributed by atoms with van der Waals surface area (Å²) in [6, 6.07) is 10.6. The molecule has 0 N–H and O–H groups in total. The minimum absolute atomic E-state index is 0.100. The van der Waals surface area contributed by atoms with Crippen LogP contribution < -0.4 is 10.3 Å².